The fraction of sp³-hybridized carbons (Fsp3) is 0.600. The van der Waals surface area contributed by atoms with Crippen molar-refractivity contribution >= 4 is 15.9 Å². The molecule has 0 unspecified atom stereocenters. The van der Waals surface area contributed by atoms with Crippen LogP contribution in [0.5, 0.6) is 11.5 Å². The number of hydrogen-bond donors (Lipinski definition) is 1. The Hall–Kier alpha value is -0.780. The number of methoxy groups -OCH3 is 1. The van der Waals surface area contributed by atoms with E-state index in [-0.39, 0.29) is 11.6 Å². The molecule has 1 heterocycles. The number of hydrogen-bond acceptors (Lipinski definition) is 4. The molecule has 0 bridgehead atoms. The second-order valence-corrected chi connectivity index (χ2v) is 6.87. The fourth-order valence-electron chi connectivity index (χ4n) is 2.92. The van der Waals surface area contributed by atoms with Crippen LogP contribution >= 0.6 is 15.9 Å². The highest BCUT2D eigenvalue weighted by Crippen LogP contribution is 2.47. The van der Waals surface area contributed by atoms with Crippen molar-refractivity contribution in [3.63, 3.8) is 0 Å². The molecule has 4 nitrogen and oxygen atoms in total. The third-order valence-electron chi connectivity index (χ3n) is 4.34. The molecule has 0 spiro atoms. The molecular formula is C15H21BrN2O2. The van der Waals surface area contributed by atoms with Crippen LogP contribution in [0.2, 0.25) is 0 Å². The summed E-state index contributed by atoms with van der Waals surface area (Å²) in [5, 5.41) is 0. The molecule has 110 valence electrons. The average molecular weight is 341 g/mol. The van der Waals surface area contributed by atoms with Gasteiger partial charge in [0, 0.05) is 28.7 Å². The first-order valence-electron chi connectivity index (χ1n) is 7.04. The molecular weight excluding hydrogens is 320 g/mol. The summed E-state index contributed by atoms with van der Waals surface area (Å²) in [6.07, 6.45) is 3.43. The maximum absolute atomic E-state index is 6.51. The normalized spacial score (nSPS) is 22.0. The lowest BCUT2D eigenvalue weighted by Crippen LogP contribution is -2.52. The van der Waals surface area contributed by atoms with Crippen molar-refractivity contribution in [3.8, 4) is 11.5 Å². The molecule has 1 aromatic rings. The van der Waals surface area contributed by atoms with Gasteiger partial charge in [-0.15, -0.1) is 0 Å². The van der Waals surface area contributed by atoms with Gasteiger partial charge >= 0.3 is 0 Å². The van der Waals surface area contributed by atoms with E-state index in [1.165, 1.54) is 6.42 Å². The van der Waals surface area contributed by atoms with Gasteiger partial charge in [0.1, 0.15) is 6.10 Å². The van der Waals surface area contributed by atoms with Gasteiger partial charge in [0.25, 0.3) is 0 Å². The number of benzene rings is 1. The highest BCUT2D eigenvalue weighted by molar-refractivity contribution is 9.10. The summed E-state index contributed by atoms with van der Waals surface area (Å²) in [6, 6.07) is 4.03. The lowest BCUT2D eigenvalue weighted by molar-refractivity contribution is 0.0343. The summed E-state index contributed by atoms with van der Waals surface area (Å²) < 4.78 is 12.7. The van der Waals surface area contributed by atoms with E-state index in [4.69, 9.17) is 15.2 Å². The molecule has 3 rings (SSSR count). The SMILES string of the molecule is COc1cc(Br)cc(C2(N)CCC2)c1OC1CN(C)C1. The number of rotatable bonds is 4. The van der Waals surface area contributed by atoms with Crippen LogP contribution in [-0.4, -0.2) is 38.3 Å². The van der Waals surface area contributed by atoms with E-state index in [9.17, 15) is 0 Å². The van der Waals surface area contributed by atoms with E-state index in [0.717, 1.165) is 47.5 Å². The van der Waals surface area contributed by atoms with Crippen LogP contribution in [0.4, 0.5) is 0 Å². The van der Waals surface area contributed by atoms with Gasteiger partial charge in [-0.1, -0.05) is 15.9 Å². The van der Waals surface area contributed by atoms with Crippen molar-refractivity contribution in [1.82, 2.24) is 4.90 Å². The molecule has 20 heavy (non-hydrogen) atoms. The average Bonchev–Trinajstić information content (AvgIpc) is 2.35. The molecule has 0 atom stereocenters. The van der Waals surface area contributed by atoms with Gasteiger partial charge in [-0.25, -0.2) is 0 Å². The van der Waals surface area contributed by atoms with Crippen molar-refractivity contribution in [2.24, 2.45) is 5.73 Å². The zero-order chi connectivity index (χ0) is 14.3. The van der Waals surface area contributed by atoms with Crippen LogP contribution in [0, 0.1) is 0 Å². The topological polar surface area (TPSA) is 47.7 Å². The molecule has 2 aliphatic rings. The number of ether oxygens (including phenoxy) is 2. The van der Waals surface area contributed by atoms with Crippen molar-refractivity contribution < 1.29 is 9.47 Å². The van der Waals surface area contributed by atoms with Gasteiger partial charge in [0.15, 0.2) is 11.5 Å². The molecule has 1 aliphatic heterocycles. The van der Waals surface area contributed by atoms with Gasteiger partial charge < -0.3 is 15.2 Å². The first-order chi connectivity index (χ1) is 9.51. The molecule has 1 aliphatic carbocycles. The Kier molecular flexibility index (Phi) is 3.69. The lowest BCUT2D eigenvalue weighted by atomic mass is 9.72. The van der Waals surface area contributed by atoms with Gasteiger partial charge in [-0.3, -0.25) is 4.90 Å². The molecule has 1 saturated heterocycles. The van der Waals surface area contributed by atoms with Crippen molar-refractivity contribution in [2.75, 3.05) is 27.2 Å². The monoisotopic (exact) mass is 340 g/mol. The van der Waals surface area contributed by atoms with E-state index in [0.29, 0.717) is 0 Å². The summed E-state index contributed by atoms with van der Waals surface area (Å²) in [5.41, 5.74) is 7.32. The van der Waals surface area contributed by atoms with Crippen LogP contribution in [0.15, 0.2) is 16.6 Å². The summed E-state index contributed by atoms with van der Waals surface area (Å²) in [5.74, 6) is 1.59. The Labute approximate surface area is 128 Å². The second kappa shape index (κ2) is 5.20. The number of likely N-dealkylation sites (N-methyl/N-ethyl adjacent to an activating group) is 1. The van der Waals surface area contributed by atoms with Crippen molar-refractivity contribution in [1.29, 1.82) is 0 Å². The molecule has 1 saturated carbocycles. The Morgan fingerprint density at radius 2 is 2.05 bits per heavy atom. The molecule has 2 N–H and O–H groups in total. The molecule has 5 heteroatoms. The Morgan fingerprint density at radius 3 is 2.55 bits per heavy atom. The van der Waals surface area contributed by atoms with Crippen molar-refractivity contribution in [3.05, 3.63) is 22.2 Å². The quantitative estimate of drug-likeness (QED) is 0.914. The molecule has 0 radical (unpaired) electrons. The molecule has 0 aromatic heterocycles. The van der Waals surface area contributed by atoms with Crippen LogP contribution in [0.25, 0.3) is 0 Å². The standard InChI is InChI=1S/C15H21BrN2O2/c1-18-8-11(9-18)20-14-12(15(17)4-3-5-15)6-10(16)7-13(14)19-2/h6-7,11H,3-5,8-9,17H2,1-2H3. The highest BCUT2D eigenvalue weighted by atomic mass is 79.9. The summed E-state index contributed by atoms with van der Waals surface area (Å²) in [6.45, 7) is 1.91. The fourth-order valence-corrected chi connectivity index (χ4v) is 3.36. The van der Waals surface area contributed by atoms with Gasteiger partial charge in [0.2, 0.25) is 0 Å². The minimum Gasteiger partial charge on any atom is -0.493 e. The van der Waals surface area contributed by atoms with Crippen LogP contribution in [0.1, 0.15) is 24.8 Å². The Bertz CT molecular complexity index is 511. The second-order valence-electron chi connectivity index (χ2n) is 5.96. The van der Waals surface area contributed by atoms with Crippen molar-refractivity contribution in [2.45, 2.75) is 30.9 Å². The summed E-state index contributed by atoms with van der Waals surface area (Å²) >= 11 is 3.54. The predicted molar refractivity (Wildman–Crippen MR) is 82.3 cm³/mol. The van der Waals surface area contributed by atoms with Gasteiger partial charge in [0.05, 0.1) is 7.11 Å². The largest absolute Gasteiger partial charge is 0.493 e. The minimum absolute atomic E-state index is 0.234. The van der Waals surface area contributed by atoms with Crippen LogP contribution in [-0.2, 0) is 5.54 Å². The number of halogens is 1. The van der Waals surface area contributed by atoms with Crippen LogP contribution in [0.3, 0.4) is 0 Å². The third-order valence-corrected chi connectivity index (χ3v) is 4.79. The van der Waals surface area contributed by atoms with E-state index in [1.54, 1.807) is 7.11 Å². The predicted octanol–water partition coefficient (Wildman–Crippen LogP) is 2.49. The molecule has 0 amide bonds. The zero-order valence-corrected chi connectivity index (χ0v) is 13.6. The Balaban J connectivity index is 1.95. The van der Waals surface area contributed by atoms with E-state index < -0.39 is 0 Å². The van der Waals surface area contributed by atoms with Crippen LogP contribution < -0.4 is 15.2 Å². The van der Waals surface area contributed by atoms with E-state index >= 15 is 0 Å². The summed E-state index contributed by atoms with van der Waals surface area (Å²) in [4.78, 5) is 2.23. The lowest BCUT2D eigenvalue weighted by Gasteiger charge is -2.42. The van der Waals surface area contributed by atoms with Gasteiger partial charge in [-0.2, -0.15) is 0 Å². The highest BCUT2D eigenvalue weighted by Gasteiger charge is 2.39. The molecule has 2 fully saturated rings. The minimum atomic E-state index is -0.262. The van der Waals surface area contributed by atoms with E-state index in [1.807, 2.05) is 6.07 Å². The molecule has 1 aromatic carbocycles. The third kappa shape index (κ3) is 2.43. The maximum atomic E-state index is 6.51. The van der Waals surface area contributed by atoms with Gasteiger partial charge in [-0.05, 0) is 38.4 Å². The number of likely N-dealkylation sites (tertiary alicyclic amines) is 1. The first kappa shape index (κ1) is 14.2. The first-order valence-corrected chi connectivity index (χ1v) is 7.83. The van der Waals surface area contributed by atoms with E-state index in [2.05, 4.69) is 33.9 Å². The number of nitrogens with zero attached hydrogens (tertiary/aromatic N) is 1. The number of nitrogens with two attached hydrogens (primary N) is 1. The maximum Gasteiger partial charge on any atom is 0.166 e. The smallest absolute Gasteiger partial charge is 0.166 e. The summed E-state index contributed by atoms with van der Waals surface area (Å²) in [7, 11) is 3.77. The Morgan fingerprint density at radius 1 is 1.35 bits per heavy atom. The zero-order valence-electron chi connectivity index (χ0n) is 12.0.